The largest absolute Gasteiger partial charge is 0.419 e. The van der Waals surface area contributed by atoms with Crippen molar-refractivity contribution in [3.05, 3.63) is 18.0 Å². The summed E-state index contributed by atoms with van der Waals surface area (Å²) in [6.07, 6.45) is -3.13. The van der Waals surface area contributed by atoms with Crippen LogP contribution in [-0.4, -0.2) is 40.3 Å². The van der Waals surface area contributed by atoms with Crippen LogP contribution in [-0.2, 0) is 6.18 Å². The van der Waals surface area contributed by atoms with E-state index < -0.39 is 17.8 Å². The van der Waals surface area contributed by atoms with E-state index in [1.165, 1.54) is 0 Å². The number of rotatable bonds is 1. The fraction of sp³-hybridized carbons (Fsp3) is 0.600. The van der Waals surface area contributed by atoms with Crippen molar-refractivity contribution >= 4 is 5.95 Å². The lowest BCUT2D eigenvalue weighted by molar-refractivity contribution is -0.138. The Hall–Kier alpha value is -1.41. The average Bonchev–Trinajstić information content (AvgIpc) is 2.32. The van der Waals surface area contributed by atoms with Gasteiger partial charge >= 0.3 is 6.18 Å². The third kappa shape index (κ3) is 2.70. The average molecular weight is 262 g/mol. The van der Waals surface area contributed by atoms with Gasteiger partial charge in [0.05, 0.1) is 11.7 Å². The highest BCUT2D eigenvalue weighted by atomic mass is 19.4. The second kappa shape index (κ2) is 4.69. The molecular formula is C10H13F3N4O. The summed E-state index contributed by atoms with van der Waals surface area (Å²) in [5.74, 6) is 0.175. The van der Waals surface area contributed by atoms with E-state index >= 15 is 0 Å². The molecule has 1 aliphatic rings. The van der Waals surface area contributed by atoms with E-state index in [0.29, 0.717) is 13.0 Å². The molecule has 0 bridgehead atoms. The van der Waals surface area contributed by atoms with Crippen molar-refractivity contribution in [3.8, 4) is 0 Å². The van der Waals surface area contributed by atoms with Crippen LogP contribution in [0.1, 0.15) is 12.0 Å². The fourth-order valence-electron chi connectivity index (χ4n) is 1.76. The molecule has 0 amide bonds. The molecule has 0 aromatic carbocycles. The van der Waals surface area contributed by atoms with Crippen LogP contribution in [0.5, 0.6) is 0 Å². The number of aliphatic hydroxyl groups is 1. The third-order valence-electron chi connectivity index (χ3n) is 2.88. The van der Waals surface area contributed by atoms with Crippen molar-refractivity contribution in [2.24, 2.45) is 5.73 Å². The van der Waals surface area contributed by atoms with E-state index in [-0.39, 0.29) is 18.5 Å². The zero-order chi connectivity index (χ0) is 13.3. The van der Waals surface area contributed by atoms with Crippen molar-refractivity contribution in [3.63, 3.8) is 0 Å². The monoisotopic (exact) mass is 262 g/mol. The van der Waals surface area contributed by atoms with Crippen LogP contribution in [0.4, 0.5) is 19.1 Å². The van der Waals surface area contributed by atoms with Gasteiger partial charge in [-0.1, -0.05) is 0 Å². The molecule has 0 saturated carbocycles. The quantitative estimate of drug-likeness (QED) is 0.766. The van der Waals surface area contributed by atoms with E-state index in [0.717, 1.165) is 12.4 Å². The number of piperidine rings is 1. The van der Waals surface area contributed by atoms with Gasteiger partial charge in [0.2, 0.25) is 5.95 Å². The normalized spacial score (nSPS) is 25.3. The Kier molecular flexibility index (Phi) is 3.40. The Morgan fingerprint density at radius 1 is 1.33 bits per heavy atom. The number of alkyl halides is 3. The number of hydrogen-bond donors (Lipinski definition) is 2. The number of anilines is 1. The van der Waals surface area contributed by atoms with E-state index in [9.17, 15) is 18.3 Å². The Bertz CT molecular complexity index is 409. The minimum atomic E-state index is -4.44. The Labute approximate surface area is 101 Å². The maximum atomic E-state index is 12.3. The van der Waals surface area contributed by atoms with Gasteiger partial charge < -0.3 is 15.7 Å². The summed E-state index contributed by atoms with van der Waals surface area (Å²) in [6, 6.07) is -0.310. The fourth-order valence-corrected chi connectivity index (χ4v) is 1.76. The molecular weight excluding hydrogens is 249 g/mol. The summed E-state index contributed by atoms with van der Waals surface area (Å²) >= 11 is 0. The molecule has 0 aliphatic carbocycles. The lowest BCUT2D eigenvalue weighted by Crippen LogP contribution is -2.51. The number of aliphatic hydroxyl groups excluding tert-OH is 1. The summed E-state index contributed by atoms with van der Waals surface area (Å²) < 4.78 is 37.0. The van der Waals surface area contributed by atoms with E-state index in [2.05, 4.69) is 9.97 Å². The Morgan fingerprint density at radius 3 is 2.44 bits per heavy atom. The maximum absolute atomic E-state index is 12.3. The first-order chi connectivity index (χ1) is 8.38. The Morgan fingerprint density at radius 2 is 1.94 bits per heavy atom. The van der Waals surface area contributed by atoms with Crippen LogP contribution in [0.15, 0.2) is 12.4 Å². The predicted octanol–water partition coefficient (Wildman–Crippen LogP) is 0.394. The van der Waals surface area contributed by atoms with Crippen molar-refractivity contribution in [2.45, 2.75) is 24.7 Å². The molecule has 8 heteroatoms. The first kappa shape index (κ1) is 13.0. The SMILES string of the molecule is NC1CCN(c2ncc(C(F)(F)F)cn2)CC1O. The zero-order valence-electron chi connectivity index (χ0n) is 9.43. The van der Waals surface area contributed by atoms with Gasteiger partial charge in [-0.25, -0.2) is 9.97 Å². The third-order valence-corrected chi connectivity index (χ3v) is 2.88. The van der Waals surface area contributed by atoms with Gasteiger partial charge in [0.15, 0.2) is 0 Å². The molecule has 1 aliphatic heterocycles. The topological polar surface area (TPSA) is 75.3 Å². The molecule has 2 unspecified atom stereocenters. The minimum Gasteiger partial charge on any atom is -0.390 e. The first-order valence-corrected chi connectivity index (χ1v) is 5.46. The summed E-state index contributed by atoms with van der Waals surface area (Å²) in [5, 5.41) is 9.59. The standard InChI is InChI=1S/C10H13F3N4O/c11-10(12,13)6-3-15-9(16-4-6)17-2-1-7(14)8(18)5-17/h3-4,7-8,18H,1-2,5,14H2. The van der Waals surface area contributed by atoms with Crippen molar-refractivity contribution in [1.29, 1.82) is 0 Å². The van der Waals surface area contributed by atoms with Gasteiger partial charge in [-0.15, -0.1) is 0 Å². The zero-order valence-corrected chi connectivity index (χ0v) is 9.43. The number of hydrogen-bond acceptors (Lipinski definition) is 5. The highest BCUT2D eigenvalue weighted by Gasteiger charge is 2.32. The van der Waals surface area contributed by atoms with Gasteiger partial charge in [-0.2, -0.15) is 13.2 Å². The maximum Gasteiger partial charge on any atom is 0.419 e. The number of nitrogens with zero attached hydrogens (tertiary/aromatic N) is 3. The van der Waals surface area contributed by atoms with Crippen LogP contribution in [0.25, 0.3) is 0 Å². The predicted molar refractivity (Wildman–Crippen MR) is 57.8 cm³/mol. The summed E-state index contributed by atoms with van der Waals surface area (Å²) in [4.78, 5) is 8.96. The summed E-state index contributed by atoms with van der Waals surface area (Å²) in [7, 11) is 0. The van der Waals surface area contributed by atoms with Gasteiger partial charge in [0.1, 0.15) is 0 Å². The molecule has 2 atom stereocenters. The number of aromatic nitrogens is 2. The molecule has 0 radical (unpaired) electrons. The van der Waals surface area contributed by atoms with Crippen LogP contribution in [0, 0.1) is 0 Å². The number of β-amino-alcohol motifs (C(OH)–C–C–N with tert-alkyl or cyclic N) is 1. The van der Waals surface area contributed by atoms with E-state index in [1.54, 1.807) is 4.90 Å². The van der Waals surface area contributed by atoms with Gasteiger partial charge in [0.25, 0.3) is 0 Å². The number of halogens is 3. The van der Waals surface area contributed by atoms with Crippen molar-refractivity contribution in [1.82, 2.24) is 9.97 Å². The minimum absolute atomic E-state index is 0.175. The van der Waals surface area contributed by atoms with Crippen molar-refractivity contribution < 1.29 is 18.3 Å². The first-order valence-electron chi connectivity index (χ1n) is 5.46. The van der Waals surface area contributed by atoms with Crippen LogP contribution < -0.4 is 10.6 Å². The second-order valence-electron chi connectivity index (χ2n) is 4.24. The van der Waals surface area contributed by atoms with Gasteiger partial charge in [-0.05, 0) is 6.42 Å². The molecule has 18 heavy (non-hydrogen) atoms. The highest BCUT2D eigenvalue weighted by molar-refractivity contribution is 5.31. The van der Waals surface area contributed by atoms with Gasteiger partial charge in [-0.3, -0.25) is 0 Å². The molecule has 2 heterocycles. The highest BCUT2D eigenvalue weighted by Crippen LogP contribution is 2.28. The molecule has 1 fully saturated rings. The van der Waals surface area contributed by atoms with Crippen LogP contribution >= 0.6 is 0 Å². The molecule has 1 aromatic rings. The smallest absolute Gasteiger partial charge is 0.390 e. The lowest BCUT2D eigenvalue weighted by Gasteiger charge is -2.33. The molecule has 5 nitrogen and oxygen atoms in total. The lowest BCUT2D eigenvalue weighted by atomic mass is 10.0. The molecule has 3 N–H and O–H groups in total. The molecule has 1 saturated heterocycles. The van der Waals surface area contributed by atoms with E-state index in [1.807, 2.05) is 0 Å². The van der Waals surface area contributed by atoms with Gasteiger partial charge in [0, 0.05) is 31.5 Å². The summed E-state index contributed by atoms with van der Waals surface area (Å²) in [6.45, 7) is 0.746. The number of nitrogens with two attached hydrogens (primary N) is 1. The van der Waals surface area contributed by atoms with E-state index in [4.69, 9.17) is 5.73 Å². The summed E-state index contributed by atoms with van der Waals surface area (Å²) in [5.41, 5.74) is 4.75. The van der Waals surface area contributed by atoms with Crippen LogP contribution in [0.2, 0.25) is 0 Å². The molecule has 0 spiro atoms. The Balaban J connectivity index is 2.11. The van der Waals surface area contributed by atoms with Crippen molar-refractivity contribution in [2.75, 3.05) is 18.0 Å². The molecule has 100 valence electrons. The molecule has 2 rings (SSSR count). The molecule has 1 aromatic heterocycles. The second-order valence-corrected chi connectivity index (χ2v) is 4.24. The van der Waals surface area contributed by atoms with Crippen LogP contribution in [0.3, 0.4) is 0 Å².